The lowest BCUT2D eigenvalue weighted by molar-refractivity contribution is -0.116. The summed E-state index contributed by atoms with van der Waals surface area (Å²) in [6.07, 6.45) is 4.74. The molecule has 1 N–H and O–H groups in total. The van der Waals surface area contributed by atoms with Crippen molar-refractivity contribution in [2.24, 2.45) is 0 Å². The number of thiophene rings is 1. The Bertz CT molecular complexity index is 745. The van der Waals surface area contributed by atoms with Crippen LogP contribution in [0, 0.1) is 11.3 Å². The first-order chi connectivity index (χ1) is 11.1. The number of nitriles is 1. The molecule has 2 aromatic rings. The number of rotatable bonds is 6. The maximum Gasteiger partial charge on any atom is 0.245 e. The normalized spacial score (nSPS) is 12.0. The van der Waals surface area contributed by atoms with E-state index in [4.69, 9.17) is 16.9 Å². The molecule has 5 heteroatoms. The highest BCUT2D eigenvalue weighted by Crippen LogP contribution is 2.30. The van der Waals surface area contributed by atoms with Gasteiger partial charge in [0.1, 0.15) is 6.04 Å². The van der Waals surface area contributed by atoms with Crippen LogP contribution in [0.25, 0.3) is 16.5 Å². The molecule has 0 saturated heterocycles. The monoisotopic (exact) mass is 344 g/mol. The Kier molecular flexibility index (Phi) is 6.40. The van der Waals surface area contributed by atoms with Crippen LogP contribution in [-0.2, 0) is 4.79 Å². The molecule has 0 bridgehead atoms. The van der Waals surface area contributed by atoms with Gasteiger partial charge in [-0.1, -0.05) is 37.1 Å². The molecular weight excluding hydrogens is 328 g/mol. The number of nitrogens with zero attached hydrogens (tertiary/aromatic N) is 1. The lowest BCUT2D eigenvalue weighted by atomic mass is 10.2. The number of amides is 1. The highest BCUT2D eigenvalue weighted by atomic mass is 35.5. The minimum atomic E-state index is -0.428. The zero-order valence-corrected chi connectivity index (χ0v) is 14.3. The molecule has 1 unspecified atom stereocenters. The van der Waals surface area contributed by atoms with Crippen LogP contribution in [-0.4, -0.2) is 11.9 Å². The van der Waals surface area contributed by atoms with Gasteiger partial charge < -0.3 is 5.32 Å². The first kappa shape index (κ1) is 17.3. The fourth-order valence-electron chi connectivity index (χ4n) is 2.07. The summed E-state index contributed by atoms with van der Waals surface area (Å²) in [6, 6.07) is 13.3. The van der Waals surface area contributed by atoms with E-state index in [1.807, 2.05) is 43.3 Å². The second-order valence-corrected chi connectivity index (χ2v) is 6.58. The molecule has 0 fully saturated rings. The summed E-state index contributed by atoms with van der Waals surface area (Å²) in [5.41, 5.74) is 1.05. The van der Waals surface area contributed by atoms with Gasteiger partial charge >= 0.3 is 0 Å². The van der Waals surface area contributed by atoms with Crippen molar-refractivity contribution in [1.29, 1.82) is 5.26 Å². The van der Waals surface area contributed by atoms with Crippen LogP contribution in [0.3, 0.4) is 0 Å². The number of carbonyl (C=O) groups is 1. The SMILES string of the molecule is CCCC(C#N)NC(=O)C=Cc1ccc(-c2cccc(Cl)c2)s1. The van der Waals surface area contributed by atoms with Gasteiger partial charge in [0.25, 0.3) is 0 Å². The highest BCUT2D eigenvalue weighted by molar-refractivity contribution is 7.16. The van der Waals surface area contributed by atoms with Crippen molar-refractivity contribution in [2.75, 3.05) is 0 Å². The van der Waals surface area contributed by atoms with Gasteiger partial charge in [-0.15, -0.1) is 11.3 Å². The average molecular weight is 345 g/mol. The topological polar surface area (TPSA) is 52.9 Å². The lowest BCUT2D eigenvalue weighted by Gasteiger charge is -2.07. The summed E-state index contributed by atoms with van der Waals surface area (Å²) < 4.78 is 0. The van der Waals surface area contributed by atoms with Gasteiger partial charge in [-0.25, -0.2) is 0 Å². The summed E-state index contributed by atoms with van der Waals surface area (Å²) in [5, 5.41) is 12.3. The molecule has 23 heavy (non-hydrogen) atoms. The average Bonchev–Trinajstić information content (AvgIpc) is 3.01. The molecule has 1 amide bonds. The summed E-state index contributed by atoms with van der Waals surface area (Å²) >= 11 is 7.58. The molecule has 0 spiro atoms. The number of carbonyl (C=O) groups excluding carboxylic acids is 1. The minimum Gasteiger partial charge on any atom is -0.337 e. The molecule has 3 nitrogen and oxygen atoms in total. The second-order valence-electron chi connectivity index (χ2n) is 5.02. The van der Waals surface area contributed by atoms with Crippen molar-refractivity contribution in [3.63, 3.8) is 0 Å². The van der Waals surface area contributed by atoms with Gasteiger partial charge in [-0.05, 0) is 42.3 Å². The van der Waals surface area contributed by atoms with Crippen LogP contribution in [0.1, 0.15) is 24.6 Å². The summed E-state index contributed by atoms with van der Waals surface area (Å²) in [6.45, 7) is 1.98. The van der Waals surface area contributed by atoms with Crippen LogP contribution in [0.15, 0.2) is 42.5 Å². The molecule has 0 aliphatic heterocycles. The van der Waals surface area contributed by atoms with E-state index in [0.717, 1.165) is 21.7 Å². The molecular formula is C18H17ClN2OS. The lowest BCUT2D eigenvalue weighted by Crippen LogP contribution is -2.32. The zero-order chi connectivity index (χ0) is 16.7. The summed E-state index contributed by atoms with van der Waals surface area (Å²) in [7, 11) is 0. The van der Waals surface area contributed by atoms with Gasteiger partial charge in [0.05, 0.1) is 6.07 Å². The van der Waals surface area contributed by atoms with Crippen molar-refractivity contribution >= 4 is 34.9 Å². The number of hydrogen-bond acceptors (Lipinski definition) is 3. The standard InChI is InChI=1S/C18H17ClN2OS/c1-2-4-15(12-20)21-18(22)10-8-16-7-9-17(23-16)13-5-3-6-14(19)11-13/h3,5-11,15H,2,4H2,1H3,(H,21,22). The van der Waals surface area contributed by atoms with Crippen LogP contribution < -0.4 is 5.32 Å². The molecule has 1 aromatic heterocycles. The summed E-state index contributed by atoms with van der Waals surface area (Å²) in [4.78, 5) is 13.9. The third-order valence-electron chi connectivity index (χ3n) is 3.18. The predicted molar refractivity (Wildman–Crippen MR) is 96.3 cm³/mol. The summed E-state index contributed by atoms with van der Waals surface area (Å²) in [5.74, 6) is -0.247. The van der Waals surface area contributed by atoms with Gasteiger partial charge in [0, 0.05) is 20.9 Å². The number of hydrogen-bond donors (Lipinski definition) is 1. The van der Waals surface area contributed by atoms with Gasteiger partial charge in [0.2, 0.25) is 5.91 Å². The Morgan fingerprint density at radius 3 is 2.96 bits per heavy atom. The fourth-order valence-corrected chi connectivity index (χ4v) is 3.17. The minimum absolute atomic E-state index is 0.247. The Labute approximate surface area is 145 Å². The largest absolute Gasteiger partial charge is 0.337 e. The molecule has 1 heterocycles. The first-order valence-corrected chi connectivity index (χ1v) is 8.55. The maximum absolute atomic E-state index is 11.8. The van der Waals surface area contributed by atoms with E-state index in [9.17, 15) is 4.79 Å². The first-order valence-electron chi connectivity index (χ1n) is 7.36. The Hall–Kier alpha value is -2.09. The number of benzene rings is 1. The fraction of sp³-hybridized carbons (Fsp3) is 0.222. The van der Waals surface area contributed by atoms with Gasteiger partial charge in [-0.2, -0.15) is 5.26 Å². The molecule has 1 aromatic carbocycles. The van der Waals surface area contributed by atoms with E-state index in [1.54, 1.807) is 17.4 Å². The number of halogens is 1. The van der Waals surface area contributed by atoms with Crippen molar-refractivity contribution in [3.05, 3.63) is 52.4 Å². The van der Waals surface area contributed by atoms with Gasteiger partial charge in [0.15, 0.2) is 0 Å². The van der Waals surface area contributed by atoms with Crippen LogP contribution in [0.5, 0.6) is 0 Å². The zero-order valence-electron chi connectivity index (χ0n) is 12.8. The van der Waals surface area contributed by atoms with Crippen LogP contribution >= 0.6 is 22.9 Å². The smallest absolute Gasteiger partial charge is 0.245 e. The highest BCUT2D eigenvalue weighted by Gasteiger charge is 2.08. The van der Waals surface area contributed by atoms with Crippen LogP contribution in [0.2, 0.25) is 5.02 Å². The van der Waals surface area contributed by atoms with Crippen molar-refractivity contribution < 1.29 is 4.79 Å². The van der Waals surface area contributed by atoms with E-state index in [2.05, 4.69) is 11.4 Å². The Morgan fingerprint density at radius 1 is 1.43 bits per heavy atom. The Balaban J connectivity index is 2.01. The predicted octanol–water partition coefficient (Wildman–Crippen LogP) is 4.89. The van der Waals surface area contributed by atoms with E-state index in [1.165, 1.54) is 6.08 Å². The van der Waals surface area contributed by atoms with Gasteiger partial charge in [-0.3, -0.25) is 4.79 Å². The molecule has 0 aliphatic rings. The molecule has 0 saturated carbocycles. The third kappa shape index (κ3) is 5.24. The molecule has 0 radical (unpaired) electrons. The molecule has 1 atom stereocenters. The van der Waals surface area contributed by atoms with E-state index in [-0.39, 0.29) is 5.91 Å². The van der Waals surface area contributed by atoms with Crippen molar-refractivity contribution in [3.8, 4) is 16.5 Å². The van der Waals surface area contributed by atoms with E-state index >= 15 is 0 Å². The third-order valence-corrected chi connectivity index (χ3v) is 4.52. The van der Waals surface area contributed by atoms with Crippen molar-refractivity contribution in [2.45, 2.75) is 25.8 Å². The molecule has 2 rings (SSSR count). The Morgan fingerprint density at radius 2 is 2.26 bits per heavy atom. The molecule has 118 valence electrons. The van der Waals surface area contributed by atoms with E-state index in [0.29, 0.717) is 11.4 Å². The number of nitrogens with one attached hydrogen (secondary N) is 1. The van der Waals surface area contributed by atoms with Crippen molar-refractivity contribution in [1.82, 2.24) is 5.32 Å². The second kappa shape index (κ2) is 8.52. The maximum atomic E-state index is 11.8. The van der Waals surface area contributed by atoms with Crippen LogP contribution in [0.4, 0.5) is 0 Å². The molecule has 0 aliphatic carbocycles. The van der Waals surface area contributed by atoms with E-state index < -0.39 is 6.04 Å². The quantitative estimate of drug-likeness (QED) is 0.758.